The first-order valence-electron chi connectivity index (χ1n) is 5.63. The van der Waals surface area contributed by atoms with Crippen molar-refractivity contribution in [3.8, 4) is 5.69 Å². The third-order valence-electron chi connectivity index (χ3n) is 2.33. The summed E-state index contributed by atoms with van der Waals surface area (Å²) in [6.07, 6.45) is 3.02. The molecule has 1 heterocycles. The van der Waals surface area contributed by atoms with Crippen LogP contribution in [0.25, 0.3) is 5.69 Å². The van der Waals surface area contributed by atoms with E-state index in [-0.39, 0.29) is 5.95 Å². The van der Waals surface area contributed by atoms with Gasteiger partial charge in [-0.3, -0.25) is 5.43 Å². The third kappa shape index (κ3) is 3.24. The average Bonchev–Trinajstić information content (AvgIpc) is 2.41. The van der Waals surface area contributed by atoms with Gasteiger partial charge in [-0.2, -0.15) is 4.98 Å². The first-order chi connectivity index (χ1) is 9.63. The predicted molar refractivity (Wildman–Crippen MR) is 82.2 cm³/mol. The number of halogens is 2. The normalized spacial score (nSPS) is 10.3. The van der Waals surface area contributed by atoms with E-state index in [4.69, 9.17) is 11.6 Å². The highest BCUT2D eigenvalue weighted by Crippen LogP contribution is 2.27. The highest BCUT2D eigenvalue weighted by molar-refractivity contribution is 9.10. The Morgan fingerprint density at radius 2 is 2.30 bits per heavy atom. The molecular weight excluding hydrogens is 346 g/mol. The minimum Gasteiger partial charge on any atom is -0.289 e. The summed E-state index contributed by atoms with van der Waals surface area (Å²) in [7, 11) is 0. The van der Waals surface area contributed by atoms with Crippen LogP contribution in [-0.4, -0.2) is 21.1 Å². The molecule has 1 aromatic heterocycles. The average molecular weight is 357 g/mol. The number of rotatable bonds is 5. The van der Waals surface area contributed by atoms with E-state index < -0.39 is 5.69 Å². The molecule has 0 aliphatic carbocycles. The number of nitrogens with zero attached hydrogens (tertiary/aromatic N) is 3. The van der Waals surface area contributed by atoms with Crippen LogP contribution in [0.2, 0.25) is 5.02 Å². The van der Waals surface area contributed by atoms with Crippen LogP contribution in [0.4, 0.5) is 5.95 Å². The van der Waals surface area contributed by atoms with Crippen molar-refractivity contribution in [1.29, 1.82) is 0 Å². The molecule has 2 aromatic rings. The molecule has 0 fully saturated rings. The Kier molecular flexibility index (Phi) is 4.89. The molecule has 0 aliphatic rings. The van der Waals surface area contributed by atoms with Gasteiger partial charge in [0.1, 0.15) is 6.33 Å². The van der Waals surface area contributed by atoms with Crippen LogP contribution in [-0.2, 0) is 0 Å². The fourth-order valence-electron chi connectivity index (χ4n) is 1.47. The summed E-state index contributed by atoms with van der Waals surface area (Å²) in [6, 6.07) is 5.24. The smallest absolute Gasteiger partial charge is 0.289 e. The van der Waals surface area contributed by atoms with Crippen molar-refractivity contribution in [2.24, 2.45) is 0 Å². The molecule has 104 valence electrons. The minimum absolute atomic E-state index is 0.177. The summed E-state index contributed by atoms with van der Waals surface area (Å²) in [4.78, 5) is 19.9. The lowest BCUT2D eigenvalue weighted by Gasteiger charge is -2.10. The van der Waals surface area contributed by atoms with Crippen molar-refractivity contribution in [2.75, 3.05) is 12.0 Å². The second kappa shape index (κ2) is 6.65. The van der Waals surface area contributed by atoms with Crippen LogP contribution in [0.3, 0.4) is 0 Å². The maximum atomic E-state index is 12.0. The van der Waals surface area contributed by atoms with Crippen molar-refractivity contribution in [3.05, 3.63) is 57.2 Å². The van der Waals surface area contributed by atoms with Crippen LogP contribution in [0.5, 0.6) is 0 Å². The molecular formula is C12H11BrClN5O. The SMILES string of the molecule is C=CCNNc1ncn(-c2c(Cl)cccc2Br)c(=O)n1. The molecule has 0 atom stereocenters. The molecule has 2 N–H and O–H groups in total. The predicted octanol–water partition coefficient (Wildman–Crippen LogP) is 2.15. The van der Waals surface area contributed by atoms with Gasteiger partial charge in [-0.25, -0.2) is 19.8 Å². The molecule has 0 unspecified atom stereocenters. The van der Waals surface area contributed by atoms with Gasteiger partial charge in [0.2, 0.25) is 5.95 Å². The minimum atomic E-state index is -0.489. The van der Waals surface area contributed by atoms with Gasteiger partial charge in [0, 0.05) is 11.0 Å². The lowest BCUT2D eigenvalue weighted by atomic mass is 10.3. The molecule has 2 rings (SSSR count). The van der Waals surface area contributed by atoms with E-state index >= 15 is 0 Å². The summed E-state index contributed by atoms with van der Waals surface area (Å²) in [5, 5.41) is 0.426. The zero-order chi connectivity index (χ0) is 14.5. The zero-order valence-electron chi connectivity index (χ0n) is 10.3. The summed E-state index contributed by atoms with van der Waals surface area (Å²) in [6.45, 7) is 4.07. The molecule has 0 bridgehead atoms. The second-order valence-corrected chi connectivity index (χ2v) is 4.96. The van der Waals surface area contributed by atoms with E-state index in [1.807, 2.05) is 0 Å². The molecule has 0 amide bonds. The highest BCUT2D eigenvalue weighted by Gasteiger charge is 2.10. The quantitative estimate of drug-likeness (QED) is 0.488. The molecule has 0 spiro atoms. The topological polar surface area (TPSA) is 71.8 Å². The Balaban J connectivity index is 2.35. The number of nitrogens with one attached hydrogen (secondary N) is 2. The van der Waals surface area contributed by atoms with Crippen molar-refractivity contribution < 1.29 is 0 Å². The number of hydrogen-bond acceptors (Lipinski definition) is 5. The Morgan fingerprint density at radius 3 is 2.95 bits per heavy atom. The lowest BCUT2D eigenvalue weighted by Crippen LogP contribution is -2.28. The molecule has 20 heavy (non-hydrogen) atoms. The van der Waals surface area contributed by atoms with Gasteiger partial charge in [0.25, 0.3) is 0 Å². The molecule has 0 radical (unpaired) electrons. The van der Waals surface area contributed by atoms with Crippen molar-refractivity contribution >= 4 is 33.5 Å². The van der Waals surface area contributed by atoms with E-state index in [1.54, 1.807) is 24.3 Å². The maximum absolute atomic E-state index is 12.0. The monoisotopic (exact) mass is 355 g/mol. The number of hydrazine groups is 1. The number of hydrogen-bond donors (Lipinski definition) is 2. The summed E-state index contributed by atoms with van der Waals surface area (Å²) in [5.41, 5.74) is 5.49. The van der Waals surface area contributed by atoms with Gasteiger partial charge in [-0.05, 0) is 28.1 Å². The van der Waals surface area contributed by atoms with Crippen molar-refractivity contribution in [1.82, 2.24) is 20.0 Å². The van der Waals surface area contributed by atoms with E-state index in [0.717, 1.165) is 0 Å². The molecule has 1 aromatic carbocycles. The Hall–Kier alpha value is -1.70. The molecule has 0 saturated carbocycles. The third-order valence-corrected chi connectivity index (χ3v) is 3.27. The van der Waals surface area contributed by atoms with E-state index in [1.165, 1.54) is 10.9 Å². The fraction of sp³-hybridized carbons (Fsp3) is 0.0833. The highest BCUT2D eigenvalue weighted by atomic mass is 79.9. The summed E-state index contributed by atoms with van der Waals surface area (Å²) < 4.78 is 1.95. The number of benzene rings is 1. The van der Waals surface area contributed by atoms with Crippen LogP contribution < -0.4 is 16.5 Å². The van der Waals surface area contributed by atoms with Crippen LogP contribution in [0, 0.1) is 0 Å². The van der Waals surface area contributed by atoms with Gasteiger partial charge < -0.3 is 0 Å². The van der Waals surface area contributed by atoms with Crippen LogP contribution in [0.15, 0.2) is 46.4 Å². The Morgan fingerprint density at radius 1 is 1.50 bits per heavy atom. The van der Waals surface area contributed by atoms with Crippen molar-refractivity contribution in [2.45, 2.75) is 0 Å². The Labute approximate surface area is 128 Å². The molecule has 0 saturated heterocycles. The molecule has 8 heteroatoms. The fourth-order valence-corrected chi connectivity index (χ4v) is 2.41. The van der Waals surface area contributed by atoms with Gasteiger partial charge >= 0.3 is 5.69 Å². The Bertz CT molecular complexity index is 668. The molecule has 0 aliphatic heterocycles. The first kappa shape index (κ1) is 14.7. The van der Waals surface area contributed by atoms with Gasteiger partial charge in [0.15, 0.2) is 0 Å². The number of aromatic nitrogens is 3. The maximum Gasteiger partial charge on any atom is 0.356 e. The van der Waals surface area contributed by atoms with Crippen molar-refractivity contribution in [3.63, 3.8) is 0 Å². The number of para-hydroxylation sites is 1. The molecule has 6 nitrogen and oxygen atoms in total. The first-order valence-corrected chi connectivity index (χ1v) is 6.80. The zero-order valence-corrected chi connectivity index (χ0v) is 12.6. The van der Waals surface area contributed by atoms with E-state index in [2.05, 4.69) is 43.3 Å². The standard InChI is InChI=1S/C12H11BrClN5O/c1-2-6-16-18-11-15-7-19(12(20)17-11)10-8(13)4-3-5-9(10)14/h2-5,7,16H,1,6H2,(H,17,18,20). The second-order valence-electron chi connectivity index (χ2n) is 3.70. The summed E-state index contributed by atoms with van der Waals surface area (Å²) >= 11 is 9.44. The van der Waals surface area contributed by atoms with Gasteiger partial charge in [-0.15, -0.1) is 6.58 Å². The van der Waals surface area contributed by atoms with Crippen LogP contribution in [0.1, 0.15) is 0 Å². The van der Waals surface area contributed by atoms with Gasteiger partial charge in [0.05, 0.1) is 10.7 Å². The largest absolute Gasteiger partial charge is 0.356 e. The lowest BCUT2D eigenvalue weighted by molar-refractivity contribution is 0.814. The number of anilines is 1. The van der Waals surface area contributed by atoms with E-state index in [9.17, 15) is 4.79 Å². The van der Waals surface area contributed by atoms with Crippen LogP contribution >= 0.6 is 27.5 Å². The summed E-state index contributed by atoms with van der Waals surface area (Å²) in [5.74, 6) is 0.177. The van der Waals surface area contributed by atoms with E-state index in [0.29, 0.717) is 21.7 Å². The van der Waals surface area contributed by atoms with Gasteiger partial charge in [-0.1, -0.05) is 23.7 Å².